The molecule has 2 aliphatic carbocycles. The quantitative estimate of drug-likeness (QED) is 0.716. The van der Waals surface area contributed by atoms with Gasteiger partial charge in [-0.2, -0.15) is 0 Å². The highest BCUT2D eigenvalue weighted by Gasteiger charge is 2.48. The Kier molecular flexibility index (Phi) is 6.67. The number of benzene rings is 1. The molecule has 2 saturated carbocycles. The van der Waals surface area contributed by atoms with Crippen molar-refractivity contribution in [1.82, 2.24) is 5.32 Å². The van der Waals surface area contributed by atoms with Gasteiger partial charge in [-0.3, -0.25) is 9.59 Å². The molecule has 7 heteroatoms. The maximum absolute atomic E-state index is 12.3. The highest BCUT2D eigenvalue weighted by Crippen LogP contribution is 2.47. The molecule has 4 atom stereocenters. The van der Waals surface area contributed by atoms with Gasteiger partial charge in [0.2, 0.25) is 11.8 Å². The number of halogens is 1. The predicted molar refractivity (Wildman–Crippen MR) is 98.8 cm³/mol. The minimum Gasteiger partial charge on any atom is -0.494 e. The molecule has 2 amide bonds. The first kappa shape index (κ1) is 19.5. The fraction of sp³-hybridized carbons (Fsp3) is 0.556. The Hall–Kier alpha value is -1.79. The van der Waals surface area contributed by atoms with E-state index in [1.807, 2.05) is 6.92 Å². The Bertz CT molecular complexity index is 606. The lowest BCUT2D eigenvalue weighted by atomic mass is 9.84. The lowest BCUT2D eigenvalue weighted by molar-refractivity contribution is -0.129. The molecule has 2 bridgehead atoms. The van der Waals surface area contributed by atoms with Crippen molar-refractivity contribution in [3.8, 4) is 5.75 Å². The van der Waals surface area contributed by atoms with Crippen LogP contribution in [0.15, 0.2) is 24.3 Å². The molecular formula is C18H26ClN3O3. The lowest BCUT2D eigenvalue weighted by Gasteiger charge is -2.26. The van der Waals surface area contributed by atoms with Gasteiger partial charge in [0, 0.05) is 11.7 Å². The molecule has 0 heterocycles. The topological polar surface area (TPSA) is 93.5 Å². The van der Waals surface area contributed by atoms with Crippen molar-refractivity contribution in [3.05, 3.63) is 24.3 Å². The van der Waals surface area contributed by atoms with Crippen molar-refractivity contribution in [2.75, 3.05) is 18.5 Å². The summed E-state index contributed by atoms with van der Waals surface area (Å²) in [6, 6.07) is 7.09. The fourth-order valence-electron chi connectivity index (χ4n) is 4.02. The van der Waals surface area contributed by atoms with E-state index >= 15 is 0 Å². The minimum atomic E-state index is -0.246. The van der Waals surface area contributed by atoms with Crippen LogP contribution < -0.4 is 21.1 Å². The number of ether oxygens (including phenoxy) is 1. The Morgan fingerprint density at radius 3 is 2.48 bits per heavy atom. The van der Waals surface area contributed by atoms with E-state index in [0.29, 0.717) is 24.1 Å². The largest absolute Gasteiger partial charge is 0.494 e. The van der Waals surface area contributed by atoms with E-state index in [4.69, 9.17) is 10.5 Å². The van der Waals surface area contributed by atoms with E-state index in [1.54, 1.807) is 24.3 Å². The van der Waals surface area contributed by atoms with Gasteiger partial charge < -0.3 is 21.1 Å². The van der Waals surface area contributed by atoms with Crippen LogP contribution in [0.3, 0.4) is 0 Å². The number of fused-ring (bicyclic) bond motifs is 2. The van der Waals surface area contributed by atoms with Gasteiger partial charge in [0.15, 0.2) is 0 Å². The number of amides is 2. The smallest absolute Gasteiger partial charge is 0.243 e. The van der Waals surface area contributed by atoms with Crippen LogP contribution in [-0.2, 0) is 9.59 Å². The van der Waals surface area contributed by atoms with Crippen LogP contribution in [0.4, 0.5) is 5.69 Å². The average molecular weight is 368 g/mol. The molecule has 0 saturated heterocycles. The third kappa shape index (κ3) is 4.44. The summed E-state index contributed by atoms with van der Waals surface area (Å²) in [6.07, 6.45) is 3.26. The third-order valence-corrected chi connectivity index (χ3v) is 5.16. The van der Waals surface area contributed by atoms with E-state index < -0.39 is 0 Å². The normalized spacial score (nSPS) is 26.6. The summed E-state index contributed by atoms with van der Waals surface area (Å²) in [6.45, 7) is 2.48. The van der Waals surface area contributed by atoms with Gasteiger partial charge >= 0.3 is 0 Å². The van der Waals surface area contributed by atoms with Crippen molar-refractivity contribution < 1.29 is 14.3 Å². The molecule has 3 rings (SSSR count). The standard InChI is InChI=1S/C18H25N3O3.ClH/c1-2-24-14-7-5-13(6-8-14)21-15(22)10-20-18(23)16-11-3-4-12(9-11)17(16)19;/h5-8,11-12,16-17H,2-4,9-10,19H2,1H3,(H,20,23)(H,21,22);1H. The summed E-state index contributed by atoms with van der Waals surface area (Å²) >= 11 is 0. The minimum absolute atomic E-state index is 0. The number of rotatable bonds is 6. The summed E-state index contributed by atoms with van der Waals surface area (Å²) in [5.41, 5.74) is 6.84. The van der Waals surface area contributed by atoms with Crippen LogP contribution in [0.2, 0.25) is 0 Å². The van der Waals surface area contributed by atoms with Crippen molar-refractivity contribution in [1.29, 1.82) is 0 Å². The van der Waals surface area contributed by atoms with E-state index in [-0.39, 0.29) is 42.7 Å². The summed E-state index contributed by atoms with van der Waals surface area (Å²) in [5, 5.41) is 5.50. The number of hydrogen-bond donors (Lipinski definition) is 3. The first-order valence-corrected chi connectivity index (χ1v) is 8.64. The van der Waals surface area contributed by atoms with Crippen molar-refractivity contribution >= 4 is 29.9 Å². The van der Waals surface area contributed by atoms with Crippen LogP contribution in [0.1, 0.15) is 26.2 Å². The number of carbonyl (C=O) groups is 2. The second-order valence-electron chi connectivity index (χ2n) is 6.66. The molecule has 0 radical (unpaired) electrons. The molecule has 25 heavy (non-hydrogen) atoms. The highest BCUT2D eigenvalue weighted by molar-refractivity contribution is 5.95. The molecule has 0 aromatic heterocycles. The molecule has 1 aromatic rings. The lowest BCUT2D eigenvalue weighted by Crippen LogP contribution is -2.46. The number of nitrogens with one attached hydrogen (secondary N) is 2. The van der Waals surface area contributed by atoms with Gasteiger partial charge in [-0.05, 0) is 62.3 Å². The summed E-state index contributed by atoms with van der Waals surface area (Å²) in [5.74, 6) is 1.15. The second kappa shape index (κ2) is 8.54. The van der Waals surface area contributed by atoms with E-state index in [2.05, 4.69) is 10.6 Å². The number of carbonyl (C=O) groups excluding carboxylic acids is 2. The Morgan fingerprint density at radius 1 is 1.20 bits per heavy atom. The molecule has 0 aliphatic heterocycles. The monoisotopic (exact) mass is 367 g/mol. The Morgan fingerprint density at radius 2 is 1.88 bits per heavy atom. The van der Waals surface area contributed by atoms with Gasteiger partial charge in [0.05, 0.1) is 19.1 Å². The van der Waals surface area contributed by atoms with E-state index in [1.165, 1.54) is 0 Å². The maximum Gasteiger partial charge on any atom is 0.243 e. The van der Waals surface area contributed by atoms with Crippen LogP contribution in [0.5, 0.6) is 5.75 Å². The molecule has 138 valence electrons. The molecule has 4 N–H and O–H groups in total. The predicted octanol–water partition coefficient (Wildman–Crippen LogP) is 1.94. The SMILES string of the molecule is CCOc1ccc(NC(=O)CNC(=O)C2C3CCC(C3)C2N)cc1.Cl. The van der Waals surface area contributed by atoms with Crippen molar-refractivity contribution in [2.45, 2.75) is 32.2 Å². The number of hydrogen-bond acceptors (Lipinski definition) is 4. The van der Waals surface area contributed by atoms with Crippen molar-refractivity contribution in [3.63, 3.8) is 0 Å². The molecule has 0 spiro atoms. The Balaban J connectivity index is 0.00000225. The molecule has 2 aliphatic rings. The Labute approximate surface area is 154 Å². The second-order valence-corrected chi connectivity index (χ2v) is 6.66. The molecule has 2 fully saturated rings. The first-order valence-electron chi connectivity index (χ1n) is 8.64. The molecule has 1 aromatic carbocycles. The zero-order chi connectivity index (χ0) is 17.1. The van der Waals surface area contributed by atoms with Gasteiger partial charge in [0.1, 0.15) is 5.75 Å². The van der Waals surface area contributed by atoms with Gasteiger partial charge in [-0.15, -0.1) is 12.4 Å². The van der Waals surface area contributed by atoms with Gasteiger partial charge in [-0.1, -0.05) is 0 Å². The number of nitrogens with two attached hydrogens (primary N) is 1. The summed E-state index contributed by atoms with van der Waals surface area (Å²) < 4.78 is 5.35. The van der Waals surface area contributed by atoms with Crippen LogP contribution in [0, 0.1) is 17.8 Å². The van der Waals surface area contributed by atoms with Crippen LogP contribution in [-0.4, -0.2) is 31.0 Å². The summed E-state index contributed by atoms with van der Waals surface area (Å²) in [7, 11) is 0. The van der Waals surface area contributed by atoms with Crippen LogP contribution in [0.25, 0.3) is 0 Å². The summed E-state index contributed by atoms with van der Waals surface area (Å²) in [4.78, 5) is 24.3. The van der Waals surface area contributed by atoms with Crippen LogP contribution >= 0.6 is 12.4 Å². The van der Waals surface area contributed by atoms with Crippen molar-refractivity contribution in [2.24, 2.45) is 23.5 Å². The first-order chi connectivity index (χ1) is 11.6. The average Bonchev–Trinajstić information content (AvgIpc) is 3.16. The molecule has 6 nitrogen and oxygen atoms in total. The van der Waals surface area contributed by atoms with Gasteiger partial charge in [0.25, 0.3) is 0 Å². The number of anilines is 1. The maximum atomic E-state index is 12.3. The van der Waals surface area contributed by atoms with Gasteiger partial charge in [-0.25, -0.2) is 0 Å². The fourth-order valence-corrected chi connectivity index (χ4v) is 4.02. The molecular weight excluding hydrogens is 342 g/mol. The zero-order valence-corrected chi connectivity index (χ0v) is 15.2. The highest BCUT2D eigenvalue weighted by atomic mass is 35.5. The molecule has 4 unspecified atom stereocenters. The van der Waals surface area contributed by atoms with E-state index in [0.717, 1.165) is 25.0 Å². The third-order valence-electron chi connectivity index (χ3n) is 5.16. The zero-order valence-electron chi connectivity index (χ0n) is 14.4. The van der Waals surface area contributed by atoms with E-state index in [9.17, 15) is 9.59 Å².